The molecule has 3 rings (SSSR count). The molecule has 1 aromatic heterocycles. The lowest BCUT2D eigenvalue weighted by molar-refractivity contribution is -0.134. The Labute approximate surface area is 179 Å². The van der Waals surface area contributed by atoms with Crippen molar-refractivity contribution in [1.82, 2.24) is 15.5 Å². The molecule has 0 fully saturated rings. The molecule has 0 radical (unpaired) electrons. The summed E-state index contributed by atoms with van der Waals surface area (Å²) in [4.78, 5) is 35.8. The van der Waals surface area contributed by atoms with Gasteiger partial charge in [-0.25, -0.2) is 4.79 Å². The molecule has 31 heavy (non-hydrogen) atoms. The van der Waals surface area contributed by atoms with Crippen LogP contribution in [-0.2, 0) is 17.5 Å². The lowest BCUT2D eigenvalue weighted by atomic mass is 10.1. The fourth-order valence-electron chi connectivity index (χ4n) is 2.93. The first-order chi connectivity index (χ1) is 14.7. The van der Waals surface area contributed by atoms with Crippen molar-refractivity contribution in [1.29, 1.82) is 0 Å². The Morgan fingerprint density at radius 3 is 2.77 bits per heavy atom. The Hall–Kier alpha value is -3.52. The molecule has 2 heterocycles. The summed E-state index contributed by atoms with van der Waals surface area (Å²) in [5, 5.41) is 4.33. The minimum Gasteiger partial charge on any atom is -0.497 e. The number of rotatable bonds is 5. The van der Waals surface area contributed by atoms with Crippen molar-refractivity contribution >= 4 is 29.7 Å². The third kappa shape index (κ3) is 5.35. The second kappa shape index (κ2) is 9.09. The molecular weight excluding hydrogens is 435 g/mol. The fraction of sp³-hybridized carbons (Fsp3) is 0.250. The summed E-state index contributed by atoms with van der Waals surface area (Å²) in [6.07, 6.45) is -4.29. The molecule has 1 aliphatic heterocycles. The second-order valence-electron chi connectivity index (χ2n) is 6.43. The molecule has 7 nitrogen and oxygen atoms in total. The van der Waals surface area contributed by atoms with Crippen LogP contribution in [-0.4, -0.2) is 42.9 Å². The number of hydrogen-bond donors (Lipinski definition) is 2. The van der Waals surface area contributed by atoms with Gasteiger partial charge in [-0.3, -0.25) is 14.9 Å². The lowest BCUT2D eigenvalue weighted by Crippen LogP contribution is -2.46. The first-order valence-electron chi connectivity index (χ1n) is 8.86. The van der Waals surface area contributed by atoms with Crippen LogP contribution in [0.5, 0.6) is 5.75 Å². The van der Waals surface area contributed by atoms with Crippen molar-refractivity contribution in [3.8, 4) is 17.6 Å². The van der Waals surface area contributed by atoms with Crippen molar-refractivity contribution in [2.24, 2.45) is 0 Å². The Morgan fingerprint density at radius 1 is 1.35 bits per heavy atom. The number of fused-ring (bicyclic) bond motifs is 1. The lowest BCUT2D eigenvalue weighted by Gasteiger charge is -2.20. The molecule has 0 saturated carbocycles. The van der Waals surface area contributed by atoms with E-state index in [1.54, 1.807) is 18.2 Å². The van der Waals surface area contributed by atoms with Gasteiger partial charge in [0.2, 0.25) is 6.41 Å². The number of imide groups is 1. The molecule has 0 aliphatic carbocycles. The van der Waals surface area contributed by atoms with Crippen LogP contribution in [0.25, 0.3) is 0 Å². The molecule has 11 heteroatoms. The number of hydrogen-bond acceptors (Lipinski definition) is 5. The predicted molar refractivity (Wildman–Crippen MR) is 105 cm³/mol. The third-order valence-electron chi connectivity index (χ3n) is 4.35. The number of urea groups is 1. The van der Waals surface area contributed by atoms with E-state index in [1.165, 1.54) is 18.1 Å². The van der Waals surface area contributed by atoms with Gasteiger partial charge >= 0.3 is 12.2 Å². The van der Waals surface area contributed by atoms with Gasteiger partial charge in [-0.1, -0.05) is 17.9 Å². The highest BCUT2D eigenvalue weighted by molar-refractivity contribution is 7.12. The van der Waals surface area contributed by atoms with E-state index in [4.69, 9.17) is 4.74 Å². The van der Waals surface area contributed by atoms with E-state index in [1.807, 2.05) is 5.32 Å². The zero-order valence-corrected chi connectivity index (χ0v) is 16.9. The van der Waals surface area contributed by atoms with Crippen LogP contribution in [0.4, 0.5) is 18.0 Å². The highest BCUT2D eigenvalue weighted by Crippen LogP contribution is 2.34. The van der Waals surface area contributed by atoms with Gasteiger partial charge in [-0.15, -0.1) is 11.3 Å². The number of benzene rings is 1. The summed E-state index contributed by atoms with van der Waals surface area (Å²) >= 11 is 0.471. The maximum absolute atomic E-state index is 12.8. The van der Waals surface area contributed by atoms with Gasteiger partial charge in [0.25, 0.3) is 5.91 Å². The fourth-order valence-corrected chi connectivity index (χ4v) is 3.67. The third-order valence-corrected chi connectivity index (χ3v) is 5.39. The van der Waals surface area contributed by atoms with Gasteiger partial charge in [0.15, 0.2) is 0 Å². The van der Waals surface area contributed by atoms with Crippen LogP contribution < -0.4 is 15.4 Å². The van der Waals surface area contributed by atoms with Crippen molar-refractivity contribution < 1.29 is 32.3 Å². The maximum Gasteiger partial charge on any atom is 0.425 e. The molecule has 0 saturated heterocycles. The number of amides is 4. The van der Waals surface area contributed by atoms with Crippen molar-refractivity contribution in [2.75, 3.05) is 13.7 Å². The largest absolute Gasteiger partial charge is 0.497 e. The quantitative estimate of drug-likeness (QED) is 0.541. The number of alkyl halides is 3. The van der Waals surface area contributed by atoms with E-state index in [0.29, 0.717) is 22.6 Å². The van der Waals surface area contributed by atoms with Gasteiger partial charge in [0.1, 0.15) is 16.7 Å². The second-order valence-corrected chi connectivity index (χ2v) is 7.51. The monoisotopic (exact) mass is 451 g/mol. The molecule has 162 valence electrons. The molecule has 0 unspecified atom stereocenters. The number of nitrogens with one attached hydrogen (secondary N) is 2. The van der Waals surface area contributed by atoms with Crippen LogP contribution in [0.2, 0.25) is 0 Å². The van der Waals surface area contributed by atoms with E-state index in [2.05, 4.69) is 17.2 Å². The van der Waals surface area contributed by atoms with Crippen LogP contribution in [0.15, 0.2) is 30.3 Å². The average Bonchev–Trinajstić information content (AvgIpc) is 3.31. The molecule has 0 bridgehead atoms. The molecule has 2 N–H and O–H groups in total. The molecule has 1 aliphatic rings. The van der Waals surface area contributed by atoms with Gasteiger partial charge in [0.05, 0.1) is 18.5 Å². The minimum atomic E-state index is -4.47. The smallest absolute Gasteiger partial charge is 0.425 e. The molecule has 0 spiro atoms. The number of ether oxygens (including phenoxy) is 1. The van der Waals surface area contributed by atoms with Crippen molar-refractivity contribution in [2.45, 2.75) is 18.8 Å². The van der Waals surface area contributed by atoms with Gasteiger partial charge in [-0.05, 0) is 29.8 Å². The molecule has 4 amide bonds. The summed E-state index contributed by atoms with van der Waals surface area (Å²) in [5.41, 5.74) is 1.22. The number of nitrogens with zero attached hydrogens (tertiary/aromatic N) is 1. The molecule has 2 aromatic rings. The number of carbonyl (C=O) groups is 3. The molecule has 1 atom stereocenters. The molecule has 1 aromatic carbocycles. The van der Waals surface area contributed by atoms with Crippen molar-refractivity contribution in [3.05, 3.63) is 51.2 Å². The Balaban J connectivity index is 1.79. The van der Waals surface area contributed by atoms with E-state index in [0.717, 1.165) is 11.6 Å². The van der Waals surface area contributed by atoms with Crippen molar-refractivity contribution in [3.63, 3.8) is 0 Å². The van der Waals surface area contributed by atoms with Crippen LogP contribution >= 0.6 is 11.3 Å². The predicted octanol–water partition coefficient (Wildman–Crippen LogP) is 2.61. The average molecular weight is 451 g/mol. The maximum atomic E-state index is 12.8. The first-order valence-corrected chi connectivity index (χ1v) is 9.68. The number of halogens is 3. The Morgan fingerprint density at radius 2 is 2.13 bits per heavy atom. The van der Waals surface area contributed by atoms with E-state index >= 15 is 0 Å². The zero-order valence-electron chi connectivity index (χ0n) is 16.1. The highest BCUT2D eigenvalue weighted by Gasteiger charge is 2.32. The van der Waals surface area contributed by atoms with Gasteiger partial charge in [0, 0.05) is 12.1 Å². The Bertz CT molecular complexity index is 1070. The van der Waals surface area contributed by atoms with Crippen LogP contribution in [0.3, 0.4) is 0 Å². The summed E-state index contributed by atoms with van der Waals surface area (Å²) in [5.74, 6) is 5.49. The minimum absolute atomic E-state index is 0.0351. The molecular formula is C20H16F3N3O4S. The van der Waals surface area contributed by atoms with E-state index in [9.17, 15) is 27.6 Å². The van der Waals surface area contributed by atoms with Gasteiger partial charge < -0.3 is 15.0 Å². The van der Waals surface area contributed by atoms with E-state index < -0.39 is 23.1 Å². The first kappa shape index (κ1) is 22.2. The number of carbonyl (C=O) groups excluding carboxylic acids is 3. The SMILES string of the molecule is COc1ccc2c(c1)C(=O)N(C[C@@H](C#Cc1ccc(C(F)(F)F)s1)NC(=O)NC=O)C2. The van der Waals surface area contributed by atoms with Crippen LogP contribution in [0, 0.1) is 11.8 Å². The number of thiophene rings is 1. The standard InChI is InChI=1S/C20H16F3N3O4S/c1-30-14-4-2-12-9-26(18(28)16(12)8-14)10-13(25-19(29)24-11-27)3-5-15-6-7-17(31-15)20(21,22)23/h2,4,6-8,11,13H,9-10H2,1H3,(H2,24,25,27,29)/t13-/m1/s1. The summed E-state index contributed by atoms with van der Waals surface area (Å²) in [7, 11) is 1.48. The summed E-state index contributed by atoms with van der Waals surface area (Å²) in [6.45, 7) is 0.233. The zero-order chi connectivity index (χ0) is 22.6. The topological polar surface area (TPSA) is 87.7 Å². The summed E-state index contributed by atoms with van der Waals surface area (Å²) in [6, 6.07) is 5.45. The highest BCUT2D eigenvalue weighted by atomic mass is 32.1. The van der Waals surface area contributed by atoms with Gasteiger partial charge in [-0.2, -0.15) is 13.2 Å². The normalized spacial score (nSPS) is 13.7. The Kier molecular flexibility index (Phi) is 6.50. The summed E-state index contributed by atoms with van der Waals surface area (Å²) < 4.78 is 43.4. The van der Waals surface area contributed by atoms with E-state index in [-0.39, 0.29) is 30.3 Å². The van der Waals surface area contributed by atoms with Crippen LogP contribution in [0.1, 0.15) is 25.7 Å². The number of methoxy groups -OCH3 is 1.